The molecule has 0 rings (SSSR count). The van der Waals surface area contributed by atoms with Crippen molar-refractivity contribution in [2.24, 2.45) is 0 Å². The third-order valence-electron chi connectivity index (χ3n) is 2.33. The third-order valence-corrected chi connectivity index (χ3v) is 2.33. The summed E-state index contributed by atoms with van der Waals surface area (Å²) in [5.41, 5.74) is -0.668. The average Bonchev–Trinajstić information content (AvgIpc) is 1.99. The van der Waals surface area contributed by atoms with E-state index in [1.807, 2.05) is 39.9 Å². The molecule has 0 aliphatic carbocycles. The Morgan fingerprint density at radius 3 is 2.08 bits per heavy atom. The van der Waals surface area contributed by atoms with Crippen LogP contribution in [-0.2, 0) is 0 Å². The summed E-state index contributed by atoms with van der Waals surface area (Å²) in [5.74, 6) is 0. The van der Waals surface area contributed by atoms with Gasteiger partial charge in [-0.2, -0.15) is 0 Å². The molecule has 0 bridgehead atoms. The fraction of sp³-hybridized carbons (Fsp3) is 1.00. The highest BCUT2D eigenvalue weighted by atomic mass is 16.3. The third kappa shape index (κ3) is 4.04. The summed E-state index contributed by atoms with van der Waals surface area (Å²) in [6.07, 6.45) is 0.782. The number of aliphatic hydroxyl groups is 1. The normalized spacial score (nSPS) is 17.0. The standard InChI is InChI=1S/C9H22N2O/c1-6-11(5)9(2,12)7-8-10(3)4/h12H,6-8H2,1-5H3. The van der Waals surface area contributed by atoms with E-state index in [0.29, 0.717) is 0 Å². The molecule has 0 amide bonds. The first-order valence-corrected chi connectivity index (χ1v) is 4.48. The highest BCUT2D eigenvalue weighted by molar-refractivity contribution is 4.71. The lowest BCUT2D eigenvalue weighted by Gasteiger charge is -2.34. The molecule has 0 heterocycles. The number of hydrogen-bond donors (Lipinski definition) is 1. The minimum Gasteiger partial charge on any atom is -0.376 e. The minimum atomic E-state index is -0.668. The topological polar surface area (TPSA) is 26.7 Å². The van der Waals surface area contributed by atoms with Gasteiger partial charge < -0.3 is 10.0 Å². The van der Waals surface area contributed by atoms with Crippen LogP contribution in [0.25, 0.3) is 0 Å². The maximum atomic E-state index is 9.93. The van der Waals surface area contributed by atoms with Gasteiger partial charge in [-0.15, -0.1) is 0 Å². The van der Waals surface area contributed by atoms with Crippen molar-refractivity contribution in [1.82, 2.24) is 9.80 Å². The van der Waals surface area contributed by atoms with Gasteiger partial charge in [-0.25, -0.2) is 0 Å². The summed E-state index contributed by atoms with van der Waals surface area (Å²) >= 11 is 0. The Labute approximate surface area is 76.0 Å². The van der Waals surface area contributed by atoms with Gasteiger partial charge in [-0.1, -0.05) is 6.92 Å². The van der Waals surface area contributed by atoms with Crippen molar-refractivity contribution in [1.29, 1.82) is 0 Å². The molecule has 3 heteroatoms. The van der Waals surface area contributed by atoms with E-state index in [0.717, 1.165) is 19.5 Å². The Bertz CT molecular complexity index is 124. The van der Waals surface area contributed by atoms with Gasteiger partial charge in [0.15, 0.2) is 0 Å². The SMILES string of the molecule is CCN(C)C(C)(O)CCN(C)C. The van der Waals surface area contributed by atoms with Gasteiger partial charge in [0.25, 0.3) is 0 Å². The van der Waals surface area contributed by atoms with Crippen LogP contribution in [0.4, 0.5) is 0 Å². The molecule has 1 N–H and O–H groups in total. The number of hydrogen-bond acceptors (Lipinski definition) is 3. The van der Waals surface area contributed by atoms with E-state index in [-0.39, 0.29) is 0 Å². The molecule has 0 saturated heterocycles. The molecule has 1 atom stereocenters. The van der Waals surface area contributed by atoms with E-state index in [9.17, 15) is 5.11 Å². The van der Waals surface area contributed by atoms with Crippen molar-refractivity contribution in [2.45, 2.75) is 26.0 Å². The largest absolute Gasteiger partial charge is 0.376 e. The van der Waals surface area contributed by atoms with Gasteiger partial charge in [0.1, 0.15) is 5.72 Å². The van der Waals surface area contributed by atoms with Gasteiger partial charge in [-0.05, 0) is 34.6 Å². The molecule has 1 unspecified atom stereocenters. The zero-order valence-electron chi connectivity index (χ0n) is 8.96. The number of rotatable bonds is 5. The van der Waals surface area contributed by atoms with Crippen LogP contribution < -0.4 is 0 Å². The minimum absolute atomic E-state index is 0.668. The molecule has 0 aliphatic heterocycles. The summed E-state index contributed by atoms with van der Waals surface area (Å²) in [6.45, 7) is 5.70. The van der Waals surface area contributed by atoms with Crippen molar-refractivity contribution in [2.75, 3.05) is 34.2 Å². The molecule has 74 valence electrons. The van der Waals surface area contributed by atoms with Crippen LogP contribution in [0.1, 0.15) is 20.3 Å². The van der Waals surface area contributed by atoms with Crippen molar-refractivity contribution >= 4 is 0 Å². The first kappa shape index (κ1) is 11.9. The molecular weight excluding hydrogens is 152 g/mol. The summed E-state index contributed by atoms with van der Waals surface area (Å²) in [7, 11) is 5.97. The van der Waals surface area contributed by atoms with Crippen molar-refractivity contribution in [3.63, 3.8) is 0 Å². The summed E-state index contributed by atoms with van der Waals surface area (Å²) in [6, 6.07) is 0. The van der Waals surface area contributed by atoms with Gasteiger partial charge in [0, 0.05) is 13.0 Å². The van der Waals surface area contributed by atoms with Crippen LogP contribution >= 0.6 is 0 Å². The van der Waals surface area contributed by atoms with Gasteiger partial charge in [-0.3, -0.25) is 4.90 Å². The van der Waals surface area contributed by atoms with E-state index in [4.69, 9.17) is 0 Å². The maximum absolute atomic E-state index is 9.93. The van der Waals surface area contributed by atoms with Crippen molar-refractivity contribution in [3.05, 3.63) is 0 Å². The van der Waals surface area contributed by atoms with Crippen LogP contribution in [0.3, 0.4) is 0 Å². The molecule has 0 spiro atoms. The summed E-state index contributed by atoms with van der Waals surface area (Å²) < 4.78 is 0. The fourth-order valence-electron chi connectivity index (χ4n) is 0.967. The summed E-state index contributed by atoms with van der Waals surface area (Å²) in [4.78, 5) is 4.04. The molecule has 0 fully saturated rings. The first-order valence-electron chi connectivity index (χ1n) is 4.48. The number of nitrogens with zero attached hydrogens (tertiary/aromatic N) is 2. The Balaban J connectivity index is 3.86. The zero-order chi connectivity index (χ0) is 9.78. The first-order chi connectivity index (χ1) is 5.40. The van der Waals surface area contributed by atoms with Crippen LogP contribution in [0.15, 0.2) is 0 Å². The molecule has 0 aromatic heterocycles. The molecule has 0 aliphatic rings. The van der Waals surface area contributed by atoms with E-state index < -0.39 is 5.72 Å². The van der Waals surface area contributed by atoms with E-state index in [1.54, 1.807) is 0 Å². The molecule has 0 aromatic carbocycles. The lowest BCUT2D eigenvalue weighted by atomic mass is 10.1. The molecule has 0 radical (unpaired) electrons. The Morgan fingerprint density at radius 1 is 1.25 bits per heavy atom. The highest BCUT2D eigenvalue weighted by Crippen LogP contribution is 2.13. The second-order valence-corrected chi connectivity index (χ2v) is 3.78. The maximum Gasteiger partial charge on any atom is 0.116 e. The Hall–Kier alpha value is -0.120. The van der Waals surface area contributed by atoms with Gasteiger partial charge >= 0.3 is 0 Å². The van der Waals surface area contributed by atoms with Crippen LogP contribution in [0, 0.1) is 0 Å². The zero-order valence-corrected chi connectivity index (χ0v) is 8.96. The lowest BCUT2D eigenvalue weighted by molar-refractivity contribution is -0.0859. The predicted molar refractivity (Wildman–Crippen MR) is 52.1 cm³/mol. The van der Waals surface area contributed by atoms with Crippen molar-refractivity contribution < 1.29 is 5.11 Å². The molecule has 0 aromatic rings. The quantitative estimate of drug-likeness (QED) is 0.618. The summed E-state index contributed by atoms with van der Waals surface area (Å²) in [5, 5.41) is 9.93. The van der Waals surface area contributed by atoms with Crippen LogP contribution in [0.5, 0.6) is 0 Å². The van der Waals surface area contributed by atoms with Crippen LogP contribution in [0.2, 0.25) is 0 Å². The van der Waals surface area contributed by atoms with E-state index in [2.05, 4.69) is 4.90 Å². The molecule has 12 heavy (non-hydrogen) atoms. The lowest BCUT2D eigenvalue weighted by Crippen LogP contribution is -2.45. The monoisotopic (exact) mass is 174 g/mol. The molecule has 3 nitrogen and oxygen atoms in total. The Morgan fingerprint density at radius 2 is 1.75 bits per heavy atom. The predicted octanol–water partition coefficient (Wildman–Crippen LogP) is 0.598. The van der Waals surface area contributed by atoms with Crippen molar-refractivity contribution in [3.8, 4) is 0 Å². The second-order valence-electron chi connectivity index (χ2n) is 3.78. The Kier molecular flexibility index (Phi) is 4.75. The molecular formula is C9H22N2O. The van der Waals surface area contributed by atoms with E-state index in [1.165, 1.54) is 0 Å². The smallest absolute Gasteiger partial charge is 0.116 e. The molecule has 0 saturated carbocycles. The van der Waals surface area contributed by atoms with Crippen LogP contribution in [-0.4, -0.2) is 54.9 Å². The highest BCUT2D eigenvalue weighted by Gasteiger charge is 2.23. The average molecular weight is 174 g/mol. The second kappa shape index (κ2) is 4.80. The van der Waals surface area contributed by atoms with E-state index >= 15 is 0 Å². The fourth-order valence-corrected chi connectivity index (χ4v) is 0.967. The van der Waals surface area contributed by atoms with Gasteiger partial charge in [0.2, 0.25) is 0 Å². The van der Waals surface area contributed by atoms with Gasteiger partial charge in [0.05, 0.1) is 0 Å².